The Morgan fingerprint density at radius 1 is 1.00 bits per heavy atom. The van der Waals surface area contributed by atoms with Crippen molar-refractivity contribution in [1.29, 1.82) is 0 Å². The molecule has 0 spiro atoms. The summed E-state index contributed by atoms with van der Waals surface area (Å²) in [6, 6.07) is 20.9. The SMILES string of the molecule is Cn1cccc1C1CC(c2ccc(F)cc2)=NN1C(=O)CN1CCC(Cc2ccccc2)CC1. The van der Waals surface area contributed by atoms with Crippen LogP contribution in [0.25, 0.3) is 0 Å². The van der Waals surface area contributed by atoms with Crippen LogP contribution in [0.2, 0.25) is 0 Å². The molecule has 34 heavy (non-hydrogen) atoms. The topological polar surface area (TPSA) is 40.8 Å². The van der Waals surface area contributed by atoms with Gasteiger partial charge >= 0.3 is 0 Å². The second-order valence-electron chi connectivity index (χ2n) is 9.47. The lowest BCUT2D eigenvalue weighted by Crippen LogP contribution is -2.42. The van der Waals surface area contributed by atoms with Crippen molar-refractivity contribution < 1.29 is 9.18 Å². The zero-order chi connectivity index (χ0) is 23.5. The number of aromatic nitrogens is 1. The van der Waals surface area contributed by atoms with Gasteiger partial charge in [-0.3, -0.25) is 9.69 Å². The maximum atomic E-state index is 13.4. The molecule has 1 aromatic heterocycles. The first-order valence-electron chi connectivity index (χ1n) is 12.1. The highest BCUT2D eigenvalue weighted by Gasteiger charge is 2.35. The van der Waals surface area contributed by atoms with Crippen molar-refractivity contribution in [2.45, 2.75) is 31.7 Å². The molecular formula is C28H31FN4O. The van der Waals surface area contributed by atoms with E-state index in [-0.39, 0.29) is 17.8 Å². The molecule has 0 saturated carbocycles. The standard InChI is InChI=1S/C28H31FN4O/c1-31-15-5-8-26(31)27-19-25(23-9-11-24(29)12-10-23)30-33(27)28(34)20-32-16-13-22(14-17-32)18-21-6-3-2-4-7-21/h2-12,15,22,27H,13-14,16-20H2,1H3. The smallest absolute Gasteiger partial charge is 0.257 e. The fourth-order valence-electron chi connectivity index (χ4n) is 5.17. The predicted octanol–water partition coefficient (Wildman–Crippen LogP) is 4.80. The van der Waals surface area contributed by atoms with Crippen molar-refractivity contribution in [3.05, 3.63) is 95.6 Å². The molecule has 5 nitrogen and oxygen atoms in total. The maximum absolute atomic E-state index is 13.4. The highest BCUT2D eigenvalue weighted by atomic mass is 19.1. The fraction of sp³-hybridized carbons (Fsp3) is 0.357. The van der Waals surface area contributed by atoms with Gasteiger partial charge in [-0.1, -0.05) is 42.5 Å². The zero-order valence-electron chi connectivity index (χ0n) is 19.6. The number of benzene rings is 2. The number of hydrogen-bond donors (Lipinski definition) is 0. The highest BCUT2D eigenvalue weighted by Crippen LogP contribution is 2.33. The first-order chi connectivity index (χ1) is 16.6. The Morgan fingerprint density at radius 2 is 1.74 bits per heavy atom. The van der Waals surface area contributed by atoms with Gasteiger partial charge in [0, 0.05) is 25.4 Å². The molecule has 3 aromatic rings. The normalized spacial score (nSPS) is 19.4. The van der Waals surface area contributed by atoms with E-state index in [0.717, 1.165) is 49.3 Å². The molecule has 5 rings (SSSR count). The van der Waals surface area contributed by atoms with Crippen molar-refractivity contribution in [3.8, 4) is 0 Å². The Kier molecular flexibility index (Phi) is 6.59. The van der Waals surface area contributed by atoms with Crippen molar-refractivity contribution in [1.82, 2.24) is 14.5 Å². The molecule has 0 radical (unpaired) electrons. The van der Waals surface area contributed by atoms with Crippen LogP contribution >= 0.6 is 0 Å². The average molecular weight is 459 g/mol. The van der Waals surface area contributed by atoms with Gasteiger partial charge in [0.25, 0.3) is 5.91 Å². The lowest BCUT2D eigenvalue weighted by Gasteiger charge is -2.33. The molecule has 1 atom stereocenters. The number of carbonyl (C=O) groups is 1. The summed E-state index contributed by atoms with van der Waals surface area (Å²) in [5.74, 6) is 0.412. The summed E-state index contributed by atoms with van der Waals surface area (Å²) in [5.41, 5.74) is 4.12. The van der Waals surface area contributed by atoms with E-state index in [2.05, 4.69) is 35.2 Å². The first kappa shape index (κ1) is 22.5. The maximum Gasteiger partial charge on any atom is 0.257 e. The largest absolute Gasteiger partial charge is 0.353 e. The predicted molar refractivity (Wildman–Crippen MR) is 132 cm³/mol. The van der Waals surface area contributed by atoms with Crippen molar-refractivity contribution >= 4 is 11.6 Å². The van der Waals surface area contributed by atoms with E-state index in [1.165, 1.54) is 17.7 Å². The molecule has 1 amide bonds. The van der Waals surface area contributed by atoms with Crippen LogP contribution in [-0.2, 0) is 18.3 Å². The van der Waals surface area contributed by atoms with E-state index < -0.39 is 0 Å². The van der Waals surface area contributed by atoms with E-state index >= 15 is 0 Å². The van der Waals surface area contributed by atoms with Gasteiger partial charge < -0.3 is 4.57 Å². The number of aryl methyl sites for hydroxylation is 1. The van der Waals surface area contributed by atoms with Crippen molar-refractivity contribution in [2.24, 2.45) is 18.1 Å². The van der Waals surface area contributed by atoms with Gasteiger partial charge in [0.1, 0.15) is 11.9 Å². The number of rotatable bonds is 6. The number of halogens is 1. The van der Waals surface area contributed by atoms with Gasteiger partial charge in [-0.15, -0.1) is 0 Å². The molecule has 3 heterocycles. The Balaban J connectivity index is 1.26. The summed E-state index contributed by atoms with van der Waals surface area (Å²) in [4.78, 5) is 15.7. The highest BCUT2D eigenvalue weighted by molar-refractivity contribution is 6.03. The first-order valence-corrected chi connectivity index (χ1v) is 12.1. The molecule has 0 bridgehead atoms. The quantitative estimate of drug-likeness (QED) is 0.533. The third-order valence-electron chi connectivity index (χ3n) is 7.10. The van der Waals surface area contributed by atoms with E-state index in [9.17, 15) is 9.18 Å². The van der Waals surface area contributed by atoms with Crippen LogP contribution in [0.5, 0.6) is 0 Å². The summed E-state index contributed by atoms with van der Waals surface area (Å²) in [6.07, 6.45) is 5.93. The summed E-state index contributed by atoms with van der Waals surface area (Å²) < 4.78 is 15.5. The fourth-order valence-corrected chi connectivity index (χ4v) is 5.17. The van der Waals surface area contributed by atoms with Crippen molar-refractivity contribution in [2.75, 3.05) is 19.6 Å². The number of carbonyl (C=O) groups excluding carboxylic acids is 1. The zero-order valence-corrected chi connectivity index (χ0v) is 19.6. The molecule has 0 aliphatic carbocycles. The monoisotopic (exact) mass is 458 g/mol. The number of amides is 1. The van der Waals surface area contributed by atoms with Crippen molar-refractivity contribution in [3.63, 3.8) is 0 Å². The van der Waals surface area contributed by atoms with E-state index in [1.54, 1.807) is 17.1 Å². The average Bonchev–Trinajstić information content (AvgIpc) is 3.48. The number of hydrogen-bond acceptors (Lipinski definition) is 3. The van der Waals surface area contributed by atoms with E-state index in [0.29, 0.717) is 18.9 Å². The second-order valence-corrected chi connectivity index (χ2v) is 9.47. The van der Waals surface area contributed by atoms with Crippen LogP contribution in [0.15, 0.2) is 78.0 Å². The molecule has 6 heteroatoms. The third kappa shape index (κ3) is 4.97. The van der Waals surface area contributed by atoms with Crippen LogP contribution < -0.4 is 0 Å². The minimum absolute atomic E-state index is 0.0184. The van der Waals surface area contributed by atoms with Gasteiger partial charge in [-0.25, -0.2) is 9.40 Å². The third-order valence-corrected chi connectivity index (χ3v) is 7.10. The Morgan fingerprint density at radius 3 is 2.41 bits per heavy atom. The van der Waals surface area contributed by atoms with Crippen LogP contribution in [-0.4, -0.2) is 45.7 Å². The summed E-state index contributed by atoms with van der Waals surface area (Å²) >= 11 is 0. The Bertz CT molecular complexity index is 1150. The Labute approximate surface area is 200 Å². The molecule has 1 fully saturated rings. The second kappa shape index (κ2) is 9.94. The molecule has 2 aliphatic heterocycles. The summed E-state index contributed by atoms with van der Waals surface area (Å²) in [5, 5.41) is 6.40. The van der Waals surface area contributed by atoms with Gasteiger partial charge in [0.05, 0.1) is 12.3 Å². The number of nitrogens with zero attached hydrogens (tertiary/aromatic N) is 4. The van der Waals surface area contributed by atoms with Crippen LogP contribution in [0.4, 0.5) is 4.39 Å². The summed E-state index contributed by atoms with van der Waals surface area (Å²) in [7, 11) is 1.99. The van der Waals surface area contributed by atoms with Gasteiger partial charge in [0.15, 0.2) is 0 Å². The minimum Gasteiger partial charge on any atom is -0.353 e. The van der Waals surface area contributed by atoms with Gasteiger partial charge in [0.2, 0.25) is 0 Å². The van der Waals surface area contributed by atoms with Crippen LogP contribution in [0, 0.1) is 11.7 Å². The van der Waals surface area contributed by atoms with Crippen LogP contribution in [0.3, 0.4) is 0 Å². The summed E-state index contributed by atoms with van der Waals surface area (Å²) in [6.45, 7) is 2.24. The number of piperidine rings is 1. The van der Waals surface area contributed by atoms with E-state index in [1.807, 2.05) is 29.9 Å². The molecule has 176 valence electrons. The minimum atomic E-state index is -0.273. The van der Waals surface area contributed by atoms with E-state index in [4.69, 9.17) is 5.10 Å². The van der Waals surface area contributed by atoms with Gasteiger partial charge in [-0.05, 0) is 73.7 Å². The Hall–Kier alpha value is -3.25. The van der Waals surface area contributed by atoms with Gasteiger partial charge in [-0.2, -0.15) is 5.10 Å². The molecule has 0 N–H and O–H groups in total. The number of hydrazone groups is 1. The molecule has 1 saturated heterocycles. The molecule has 1 unspecified atom stereocenters. The molecule has 2 aromatic carbocycles. The lowest BCUT2D eigenvalue weighted by molar-refractivity contribution is -0.134. The number of likely N-dealkylation sites (tertiary alicyclic amines) is 1. The van der Waals surface area contributed by atoms with Crippen LogP contribution in [0.1, 0.15) is 42.1 Å². The lowest BCUT2D eigenvalue weighted by atomic mass is 9.90. The molecule has 2 aliphatic rings. The molecular weight excluding hydrogens is 427 g/mol.